The first kappa shape index (κ1) is 65.2. The third-order valence-electron chi connectivity index (χ3n) is 20.9. The number of ether oxygens (including phenoxy) is 6. The summed E-state index contributed by atoms with van der Waals surface area (Å²) in [4.78, 5) is 43.6. The number of amides is 1. The van der Waals surface area contributed by atoms with E-state index in [1.54, 1.807) is 14.2 Å². The second kappa shape index (κ2) is 27.7. The topological polar surface area (TPSA) is 185 Å². The van der Waals surface area contributed by atoms with Crippen molar-refractivity contribution in [1.82, 2.24) is 19.5 Å². The number of aromatic amines is 1. The summed E-state index contributed by atoms with van der Waals surface area (Å²) in [5, 5.41) is 12.4. The summed E-state index contributed by atoms with van der Waals surface area (Å²) in [5.74, 6) is 11.7. The van der Waals surface area contributed by atoms with Crippen LogP contribution in [0.1, 0.15) is 168 Å². The number of nitrogens with zero attached hydrogens (tertiary/aromatic N) is 3. The molecule has 3 heterocycles. The molecule has 4 aromatic rings. The Kier molecular flexibility index (Phi) is 20.5. The van der Waals surface area contributed by atoms with Gasteiger partial charge in [0.15, 0.2) is 6.23 Å². The molecule has 3 saturated carbocycles. The normalized spacial score (nSPS) is 28.7. The average molecular weight is 1220 g/mol. The molecule has 3 aromatic carbocycles. The quantitative estimate of drug-likeness (QED) is 0.0222. The minimum absolute atomic E-state index is 0.00360. The Balaban J connectivity index is 0.869. The van der Waals surface area contributed by atoms with Gasteiger partial charge in [0.25, 0.3) is 14.1 Å². The fourth-order valence-electron chi connectivity index (χ4n) is 16.5. The van der Waals surface area contributed by atoms with Crippen LogP contribution in [0.3, 0.4) is 0 Å². The Labute approximate surface area is 522 Å². The van der Waals surface area contributed by atoms with E-state index < -0.39 is 55.5 Å². The lowest BCUT2D eigenvalue weighted by Gasteiger charge is -2.58. The lowest BCUT2D eigenvalue weighted by Crippen LogP contribution is -2.51. The number of carbonyl (C=O) groups excluding carboxylic acids is 1. The Morgan fingerprint density at radius 2 is 1.56 bits per heavy atom. The fourth-order valence-corrected chi connectivity index (χ4v) is 18.3. The SMILES string of the molecule is COc1ccc(C(OC[C@@]23CO[C@@H]([C@H](n4cc(C#CCNC(=O)O[C@H]5CC[C@@]6(C)C(=CC[C@H]7[C@@H]8CC[C@H]([C@H](C)CCCC(C)C)[C@@]8(C)CC[C@@H]76)C5)c(=O)[nH]c4=O)O2)[C@@H]3OP(OCCC#N)N(C(C)C)C(C)C)(c2ccccc2)c2ccc(OC)cc2)cc1. The smallest absolute Gasteiger partial charge is 0.408 e. The number of fused-ring (bicyclic) bond motifs is 7. The first-order valence-electron chi connectivity index (χ1n) is 32.3. The largest absolute Gasteiger partial charge is 0.497 e. The Bertz CT molecular complexity index is 3240. The van der Waals surface area contributed by atoms with Gasteiger partial charge in [0.05, 0.1) is 53.1 Å². The molecule has 1 unspecified atom stereocenters. The number of carbonyl (C=O) groups is 1. The van der Waals surface area contributed by atoms with Gasteiger partial charge in [0.2, 0.25) is 0 Å². The number of methoxy groups -OCH3 is 2. The van der Waals surface area contributed by atoms with Crippen molar-refractivity contribution in [3.63, 3.8) is 0 Å². The molecule has 0 radical (unpaired) electrons. The lowest BCUT2D eigenvalue weighted by molar-refractivity contribution is -0.203. The highest BCUT2D eigenvalue weighted by molar-refractivity contribution is 7.44. The van der Waals surface area contributed by atoms with Gasteiger partial charge >= 0.3 is 11.8 Å². The van der Waals surface area contributed by atoms with Gasteiger partial charge in [0, 0.05) is 24.7 Å². The second-order valence-corrected chi connectivity index (χ2v) is 28.5. The molecule has 16 nitrogen and oxygen atoms in total. The number of benzene rings is 3. The minimum Gasteiger partial charge on any atom is -0.497 e. The van der Waals surface area contributed by atoms with Gasteiger partial charge in [0.1, 0.15) is 46.6 Å². The maximum absolute atomic E-state index is 14.1. The van der Waals surface area contributed by atoms with E-state index in [2.05, 4.69) is 101 Å². The van der Waals surface area contributed by atoms with Crippen molar-refractivity contribution in [3.8, 4) is 29.4 Å². The predicted molar refractivity (Wildman–Crippen MR) is 340 cm³/mol. The Hall–Kier alpha value is -5.81. The molecule has 474 valence electrons. The van der Waals surface area contributed by atoms with Crippen LogP contribution in [-0.4, -0.2) is 96.9 Å². The van der Waals surface area contributed by atoms with E-state index in [-0.39, 0.29) is 62.0 Å². The highest BCUT2D eigenvalue weighted by Gasteiger charge is 2.66. The van der Waals surface area contributed by atoms with E-state index in [1.165, 1.54) is 61.3 Å². The molecule has 10 rings (SSSR count). The number of hydrogen-bond donors (Lipinski definition) is 2. The van der Waals surface area contributed by atoms with E-state index in [0.717, 1.165) is 72.0 Å². The van der Waals surface area contributed by atoms with Crippen LogP contribution in [0.5, 0.6) is 11.5 Å². The molecule has 1 aromatic heterocycles. The fraction of sp³-hybridized carbons (Fsp3) is 0.606. The summed E-state index contributed by atoms with van der Waals surface area (Å²) in [5.41, 5.74) is 0.248. The van der Waals surface area contributed by atoms with Crippen molar-refractivity contribution >= 4 is 14.6 Å². The summed E-state index contributed by atoms with van der Waals surface area (Å²) < 4.78 is 55.7. The first-order valence-corrected chi connectivity index (χ1v) is 33.4. The van der Waals surface area contributed by atoms with Crippen molar-refractivity contribution in [2.24, 2.45) is 46.3 Å². The number of nitrogens with one attached hydrogen (secondary N) is 2. The van der Waals surface area contributed by atoms with E-state index >= 15 is 0 Å². The standard InChI is InChI=1S/C71H94N5O11P/c1-46(2)18-15-19-49(7)59-33-34-60-58-32-27-54-42-57(35-37-68(54,8)61(58)36-38-69(59,60)9)85-67(79)73-40-16-20-50-43-75(66(78)74-64(50)77)65-62-63(87-88(84-41-17-39-72)76(47(3)4)48(5)6)70(86-65,44-82-62)45-83-71(51-21-13-12-14-22-51,52-23-28-55(80-10)29-24-52)53-25-30-56(81-11)31-26-53/h12-14,21-31,43,46-49,57-63,65H,15,17-19,32-38,40-42,44-45H2,1-11H3,(H,73,79)(H,74,77,78)/t49-,57+,58+,59-,60+,61+,62-,63+,65-,68+,69-,70-,88?/m1/s1. The van der Waals surface area contributed by atoms with Crippen molar-refractivity contribution in [1.29, 1.82) is 5.26 Å². The van der Waals surface area contributed by atoms with Crippen LogP contribution in [-0.2, 0) is 33.6 Å². The van der Waals surface area contributed by atoms with Crippen LogP contribution in [0.15, 0.2) is 106 Å². The van der Waals surface area contributed by atoms with Crippen molar-refractivity contribution in [2.45, 2.75) is 187 Å². The summed E-state index contributed by atoms with van der Waals surface area (Å²) >= 11 is 0. The lowest BCUT2D eigenvalue weighted by atomic mass is 9.47. The highest BCUT2D eigenvalue weighted by atomic mass is 31.2. The van der Waals surface area contributed by atoms with Crippen molar-refractivity contribution in [3.05, 3.63) is 140 Å². The molecule has 5 fully saturated rings. The first-order chi connectivity index (χ1) is 42.3. The Morgan fingerprint density at radius 3 is 2.20 bits per heavy atom. The number of hydrogen-bond acceptors (Lipinski definition) is 13. The molecule has 2 bridgehead atoms. The molecular formula is C71H94N5O11P. The molecule has 0 spiro atoms. The number of alkyl carbamates (subject to hydrolysis) is 1. The molecule has 17 heteroatoms. The van der Waals surface area contributed by atoms with Crippen LogP contribution >= 0.6 is 8.53 Å². The zero-order valence-electron chi connectivity index (χ0n) is 53.7. The van der Waals surface area contributed by atoms with E-state index in [1.807, 2.05) is 78.9 Å². The van der Waals surface area contributed by atoms with Crippen LogP contribution in [0.25, 0.3) is 0 Å². The van der Waals surface area contributed by atoms with E-state index in [9.17, 15) is 19.6 Å². The number of rotatable bonds is 24. The number of aromatic nitrogens is 2. The van der Waals surface area contributed by atoms with Gasteiger partial charge in [-0.15, -0.1) is 0 Å². The van der Waals surface area contributed by atoms with Crippen LogP contribution in [0, 0.1) is 69.5 Å². The van der Waals surface area contributed by atoms with Crippen molar-refractivity contribution in [2.75, 3.05) is 40.6 Å². The average Bonchev–Trinajstić information content (AvgIpc) is 1.41. The molecule has 2 aliphatic heterocycles. The van der Waals surface area contributed by atoms with Gasteiger partial charge in [-0.2, -0.15) is 5.26 Å². The van der Waals surface area contributed by atoms with Crippen molar-refractivity contribution < 1.29 is 42.3 Å². The minimum atomic E-state index is -1.88. The third kappa shape index (κ3) is 13.1. The van der Waals surface area contributed by atoms with Gasteiger partial charge in [-0.1, -0.05) is 132 Å². The monoisotopic (exact) mass is 1220 g/mol. The van der Waals surface area contributed by atoms with E-state index in [4.69, 9.17) is 37.5 Å². The maximum atomic E-state index is 14.1. The molecule has 1 amide bonds. The molecule has 6 aliphatic rings. The zero-order chi connectivity index (χ0) is 62.5. The second-order valence-electron chi connectivity index (χ2n) is 27.1. The summed E-state index contributed by atoms with van der Waals surface area (Å²) in [6.45, 7) is 20.5. The van der Waals surface area contributed by atoms with Gasteiger partial charge < -0.3 is 42.8 Å². The summed E-state index contributed by atoms with van der Waals surface area (Å²) in [6, 6.07) is 27.4. The van der Waals surface area contributed by atoms with Gasteiger partial charge in [-0.05, 0) is 160 Å². The predicted octanol–water partition coefficient (Wildman–Crippen LogP) is 13.4. The summed E-state index contributed by atoms with van der Waals surface area (Å²) in [7, 11) is 1.37. The summed E-state index contributed by atoms with van der Waals surface area (Å²) in [6.07, 6.45) is 13.3. The number of allylic oxidation sites excluding steroid dienone is 1. The van der Waals surface area contributed by atoms with Crippen LogP contribution in [0.4, 0.5) is 4.79 Å². The van der Waals surface area contributed by atoms with Crippen LogP contribution < -0.4 is 26.0 Å². The highest BCUT2D eigenvalue weighted by Crippen LogP contribution is 2.68. The zero-order valence-corrected chi connectivity index (χ0v) is 54.6. The molecule has 2 saturated heterocycles. The molecule has 2 N–H and O–H groups in total. The molecule has 4 aliphatic carbocycles. The molecule has 88 heavy (non-hydrogen) atoms. The van der Waals surface area contributed by atoms with Crippen LogP contribution in [0.2, 0.25) is 0 Å². The number of H-pyrrole nitrogens is 1. The van der Waals surface area contributed by atoms with E-state index in [0.29, 0.717) is 22.8 Å². The van der Waals surface area contributed by atoms with Gasteiger partial charge in [-0.25, -0.2) is 14.3 Å². The Morgan fingerprint density at radius 1 is 0.875 bits per heavy atom. The van der Waals surface area contributed by atoms with Gasteiger partial charge in [-0.3, -0.25) is 14.3 Å². The molecular weight excluding hydrogens is 1130 g/mol. The molecule has 13 atom stereocenters. The number of nitriles is 1. The maximum Gasteiger partial charge on any atom is 0.408 e. The third-order valence-corrected chi connectivity index (χ3v) is 23.0.